The number of alkyl halides is 1. The molecule has 0 spiro atoms. The summed E-state index contributed by atoms with van der Waals surface area (Å²) in [6.45, 7) is 1.71. The van der Waals surface area contributed by atoms with Crippen molar-refractivity contribution in [3.05, 3.63) is 22.1 Å². The molecule has 0 radical (unpaired) electrons. The number of unbranched alkanes of at least 4 members (excludes halogenated alkanes) is 3. The molecule has 1 unspecified atom stereocenters. The van der Waals surface area contributed by atoms with Crippen molar-refractivity contribution in [1.29, 1.82) is 0 Å². The molecule has 2 aromatic heterocycles. The second kappa shape index (κ2) is 13.8. The highest BCUT2D eigenvalue weighted by atomic mass is 35.5. The maximum Gasteiger partial charge on any atom is 0.262 e. The largest absolute Gasteiger partial charge is 0.394 e. The number of nitrogens with zero attached hydrogens (tertiary/aromatic N) is 2. The van der Waals surface area contributed by atoms with Crippen LogP contribution in [0.5, 0.6) is 0 Å². The number of ether oxygens (including phenoxy) is 3. The third-order valence-electron chi connectivity index (χ3n) is 5.72. The van der Waals surface area contributed by atoms with E-state index in [0.717, 1.165) is 25.7 Å². The van der Waals surface area contributed by atoms with E-state index in [9.17, 15) is 19.8 Å². The van der Waals surface area contributed by atoms with Crippen LogP contribution in [0, 0.1) is 0 Å². The summed E-state index contributed by atoms with van der Waals surface area (Å²) >= 11 is 5.64. The van der Waals surface area contributed by atoms with Crippen LogP contribution >= 0.6 is 11.6 Å². The molecular weight excluding hydrogens is 482 g/mol. The number of carbonyl (C=O) groups is 1. The Hall–Kier alpha value is -2.22. The van der Waals surface area contributed by atoms with Crippen molar-refractivity contribution < 1.29 is 29.2 Å². The average Bonchev–Trinajstić information content (AvgIpc) is 3.40. The van der Waals surface area contributed by atoms with Gasteiger partial charge in [-0.05, 0) is 12.8 Å². The number of H-pyrrole nitrogens is 1. The molecule has 1 aliphatic heterocycles. The minimum atomic E-state index is -0.893. The summed E-state index contributed by atoms with van der Waals surface area (Å²) in [5, 5.41) is 22.2. The van der Waals surface area contributed by atoms with Crippen LogP contribution in [0.25, 0.3) is 11.0 Å². The van der Waals surface area contributed by atoms with E-state index in [4.69, 9.17) is 31.5 Å². The van der Waals surface area contributed by atoms with E-state index in [1.54, 1.807) is 0 Å². The summed E-state index contributed by atoms with van der Waals surface area (Å²) in [5.74, 6) is 0.0937. The van der Waals surface area contributed by atoms with Gasteiger partial charge in [0.1, 0.15) is 12.3 Å². The monoisotopic (exact) mass is 515 g/mol. The van der Waals surface area contributed by atoms with Crippen LogP contribution in [0.3, 0.4) is 0 Å². The smallest absolute Gasteiger partial charge is 0.262 e. The van der Waals surface area contributed by atoms with Gasteiger partial charge in [0.25, 0.3) is 11.5 Å². The Morgan fingerprint density at radius 2 is 2.00 bits per heavy atom. The standard InChI is InChI=1S/C22H34ClN5O7/c23-5-3-1-2-4-7-33-9-10-34-8-6-25-20(31)14-12-28(17-11-15(30)16(13-29)35-17)19-18(14)21(32)27-22(24)26-19/h12,15-17,29-30H,1-11,13H2,(H,25,31)(H3,24,26,27,32)/t15?,16-,17-/m1/s1. The van der Waals surface area contributed by atoms with Gasteiger partial charge in [0.05, 0.1) is 43.5 Å². The lowest BCUT2D eigenvalue weighted by atomic mass is 10.2. The number of halogens is 1. The highest BCUT2D eigenvalue weighted by Gasteiger charge is 2.36. The number of amides is 1. The molecule has 3 atom stereocenters. The van der Waals surface area contributed by atoms with Crippen molar-refractivity contribution in [3.8, 4) is 0 Å². The molecule has 1 fully saturated rings. The number of nitrogen functional groups attached to an aromatic ring is 1. The Morgan fingerprint density at radius 1 is 1.26 bits per heavy atom. The first-order valence-electron chi connectivity index (χ1n) is 11.8. The summed E-state index contributed by atoms with van der Waals surface area (Å²) in [5.41, 5.74) is 5.39. The SMILES string of the molecule is Nc1nc2c(c(C(=O)NCCOCCOCCCCCCCl)cn2[C@H]2CC(O)[C@@H](CO)O2)c(=O)[nH]1. The zero-order valence-corrected chi connectivity index (χ0v) is 20.3. The van der Waals surface area contributed by atoms with Crippen LogP contribution in [-0.2, 0) is 14.2 Å². The summed E-state index contributed by atoms with van der Waals surface area (Å²) in [6, 6.07) is 0. The maximum absolute atomic E-state index is 12.8. The van der Waals surface area contributed by atoms with Gasteiger partial charge in [-0.15, -0.1) is 11.6 Å². The zero-order chi connectivity index (χ0) is 25.2. The Balaban J connectivity index is 1.51. The third-order valence-corrected chi connectivity index (χ3v) is 5.98. The zero-order valence-electron chi connectivity index (χ0n) is 19.6. The van der Waals surface area contributed by atoms with E-state index in [1.165, 1.54) is 10.8 Å². The molecule has 1 saturated heterocycles. The van der Waals surface area contributed by atoms with Gasteiger partial charge in [-0.2, -0.15) is 4.98 Å². The van der Waals surface area contributed by atoms with Crippen molar-refractivity contribution in [2.24, 2.45) is 0 Å². The van der Waals surface area contributed by atoms with Gasteiger partial charge in [-0.25, -0.2) is 0 Å². The summed E-state index contributed by atoms with van der Waals surface area (Å²) in [4.78, 5) is 32.0. The first kappa shape index (κ1) is 27.4. The molecule has 196 valence electrons. The molecular formula is C22H34ClN5O7. The minimum absolute atomic E-state index is 0.0580. The third kappa shape index (κ3) is 7.38. The van der Waals surface area contributed by atoms with E-state index in [2.05, 4.69) is 15.3 Å². The van der Waals surface area contributed by atoms with Gasteiger partial charge in [-0.1, -0.05) is 12.8 Å². The number of carbonyl (C=O) groups excluding carboxylic acids is 1. The number of aliphatic hydroxyl groups is 2. The number of nitrogens with one attached hydrogen (secondary N) is 2. The van der Waals surface area contributed by atoms with E-state index in [-0.39, 0.29) is 48.7 Å². The molecule has 3 rings (SSSR count). The number of anilines is 1. The fraction of sp³-hybridized carbons (Fsp3) is 0.682. The van der Waals surface area contributed by atoms with Crippen LogP contribution in [0.2, 0.25) is 0 Å². The van der Waals surface area contributed by atoms with Gasteiger partial charge >= 0.3 is 0 Å². The molecule has 1 aliphatic rings. The molecule has 0 bridgehead atoms. The van der Waals surface area contributed by atoms with Gasteiger partial charge in [0.2, 0.25) is 5.95 Å². The van der Waals surface area contributed by atoms with E-state index in [0.29, 0.717) is 25.7 Å². The Bertz CT molecular complexity index is 1010. The lowest BCUT2D eigenvalue weighted by Gasteiger charge is -2.14. The number of aromatic nitrogens is 3. The number of hydrogen-bond acceptors (Lipinski definition) is 9. The number of hydrogen-bond donors (Lipinski definition) is 5. The molecule has 3 heterocycles. The molecule has 35 heavy (non-hydrogen) atoms. The molecule has 2 aromatic rings. The van der Waals surface area contributed by atoms with E-state index < -0.39 is 29.9 Å². The summed E-state index contributed by atoms with van der Waals surface area (Å²) < 4.78 is 18.1. The number of fused-ring (bicyclic) bond motifs is 1. The summed E-state index contributed by atoms with van der Waals surface area (Å²) in [6.07, 6.45) is 3.44. The van der Waals surface area contributed by atoms with Crippen molar-refractivity contribution in [2.45, 2.75) is 50.5 Å². The fourth-order valence-electron chi connectivity index (χ4n) is 3.92. The molecule has 6 N–H and O–H groups in total. The molecule has 0 aromatic carbocycles. The fourth-order valence-corrected chi connectivity index (χ4v) is 4.11. The number of aliphatic hydroxyl groups excluding tert-OH is 2. The number of aromatic amines is 1. The Kier molecular flexibility index (Phi) is 10.8. The number of rotatable bonds is 15. The van der Waals surface area contributed by atoms with Crippen molar-refractivity contribution in [2.75, 3.05) is 51.2 Å². The van der Waals surface area contributed by atoms with Gasteiger partial charge in [-0.3, -0.25) is 14.6 Å². The molecule has 0 aliphatic carbocycles. The van der Waals surface area contributed by atoms with Crippen LogP contribution in [0.15, 0.2) is 11.0 Å². The highest BCUT2D eigenvalue weighted by Crippen LogP contribution is 2.32. The van der Waals surface area contributed by atoms with Gasteiger partial charge in [0, 0.05) is 31.6 Å². The maximum atomic E-state index is 12.8. The minimum Gasteiger partial charge on any atom is -0.394 e. The molecule has 0 saturated carbocycles. The predicted octanol–water partition coefficient (Wildman–Crippen LogP) is 0.510. The van der Waals surface area contributed by atoms with Gasteiger partial charge in [0.15, 0.2) is 5.65 Å². The normalized spacial score (nSPS) is 20.0. The highest BCUT2D eigenvalue weighted by molar-refractivity contribution is 6.17. The molecule has 12 nitrogen and oxygen atoms in total. The van der Waals surface area contributed by atoms with Gasteiger partial charge < -0.3 is 40.0 Å². The Morgan fingerprint density at radius 3 is 2.71 bits per heavy atom. The van der Waals surface area contributed by atoms with Crippen LogP contribution in [0.4, 0.5) is 5.95 Å². The quantitative estimate of drug-likeness (QED) is 0.167. The average molecular weight is 516 g/mol. The molecule has 1 amide bonds. The Labute approximate surface area is 207 Å². The lowest BCUT2D eigenvalue weighted by Crippen LogP contribution is -2.28. The predicted molar refractivity (Wildman–Crippen MR) is 130 cm³/mol. The van der Waals surface area contributed by atoms with E-state index in [1.807, 2.05) is 0 Å². The first-order chi connectivity index (χ1) is 17.0. The van der Waals surface area contributed by atoms with E-state index >= 15 is 0 Å². The molecule has 13 heteroatoms. The first-order valence-corrected chi connectivity index (χ1v) is 12.3. The summed E-state index contributed by atoms with van der Waals surface area (Å²) in [7, 11) is 0. The van der Waals surface area contributed by atoms with Crippen LogP contribution in [-0.4, -0.2) is 88.3 Å². The second-order valence-corrected chi connectivity index (χ2v) is 8.68. The topological polar surface area (TPSA) is 174 Å². The lowest BCUT2D eigenvalue weighted by molar-refractivity contribution is -0.0430. The van der Waals surface area contributed by atoms with Crippen LogP contribution in [0.1, 0.15) is 48.7 Å². The second-order valence-electron chi connectivity index (χ2n) is 8.30. The van der Waals surface area contributed by atoms with Crippen molar-refractivity contribution in [1.82, 2.24) is 19.9 Å². The number of nitrogens with two attached hydrogens (primary N) is 1. The van der Waals surface area contributed by atoms with Crippen molar-refractivity contribution in [3.63, 3.8) is 0 Å². The van der Waals surface area contributed by atoms with Crippen LogP contribution < -0.4 is 16.6 Å². The van der Waals surface area contributed by atoms with Crippen molar-refractivity contribution >= 4 is 34.5 Å².